The quantitative estimate of drug-likeness (QED) is 0.427. The van der Waals surface area contributed by atoms with E-state index in [9.17, 15) is 13.2 Å². The van der Waals surface area contributed by atoms with Crippen molar-refractivity contribution in [3.63, 3.8) is 0 Å². The summed E-state index contributed by atoms with van der Waals surface area (Å²) in [7, 11) is -3.55. The lowest BCUT2D eigenvalue weighted by molar-refractivity contribution is -0.110. The van der Waals surface area contributed by atoms with Crippen molar-refractivity contribution < 1.29 is 17.6 Å². The molecule has 1 aromatic heterocycles. The summed E-state index contributed by atoms with van der Waals surface area (Å²) in [5.74, 6) is 1.02. The Morgan fingerprint density at radius 1 is 1.06 bits per heavy atom. The van der Waals surface area contributed by atoms with Gasteiger partial charge in [0, 0.05) is 23.2 Å². The highest BCUT2D eigenvalue weighted by Crippen LogP contribution is 2.38. The number of anilines is 1. The monoisotopic (exact) mass is 475 g/mol. The molecule has 5 rings (SSSR count). The molecule has 0 saturated carbocycles. The fourth-order valence-electron chi connectivity index (χ4n) is 4.87. The molecule has 34 heavy (non-hydrogen) atoms. The van der Waals surface area contributed by atoms with Crippen molar-refractivity contribution in [1.82, 2.24) is 0 Å². The first kappa shape index (κ1) is 22.7. The van der Waals surface area contributed by atoms with E-state index in [2.05, 4.69) is 24.4 Å². The molecule has 5 nitrogen and oxygen atoms in total. The highest BCUT2D eigenvalue weighted by atomic mass is 32.2. The van der Waals surface area contributed by atoms with E-state index < -0.39 is 9.84 Å². The van der Waals surface area contributed by atoms with Gasteiger partial charge in [0.1, 0.15) is 11.5 Å². The lowest BCUT2D eigenvalue weighted by Gasteiger charge is -2.11. The second-order valence-electron chi connectivity index (χ2n) is 9.12. The van der Waals surface area contributed by atoms with Crippen LogP contribution in [0.15, 0.2) is 57.8 Å². The number of sulfone groups is 1. The number of amides is 1. The van der Waals surface area contributed by atoms with Crippen molar-refractivity contribution in [3.8, 4) is 0 Å². The molecule has 6 heteroatoms. The molecule has 3 aromatic rings. The fraction of sp³-hybridized carbons (Fsp3) is 0.321. The van der Waals surface area contributed by atoms with Gasteiger partial charge in [-0.15, -0.1) is 0 Å². The van der Waals surface area contributed by atoms with Crippen LogP contribution in [0.25, 0.3) is 11.6 Å². The number of hydrogen-bond acceptors (Lipinski definition) is 4. The molecule has 0 unspecified atom stereocenters. The van der Waals surface area contributed by atoms with Crippen LogP contribution in [-0.4, -0.2) is 14.3 Å². The number of aryl methyl sites for hydroxylation is 2. The van der Waals surface area contributed by atoms with E-state index >= 15 is 0 Å². The van der Waals surface area contributed by atoms with Crippen LogP contribution >= 0.6 is 0 Å². The molecule has 1 aliphatic heterocycles. The van der Waals surface area contributed by atoms with E-state index in [1.807, 2.05) is 6.07 Å². The number of carbonyl (C=O) groups excluding carboxylic acids is 1. The first-order valence-corrected chi connectivity index (χ1v) is 13.7. The summed E-state index contributed by atoms with van der Waals surface area (Å²) < 4.78 is 32.7. The van der Waals surface area contributed by atoms with E-state index in [0.717, 1.165) is 67.5 Å². The average Bonchev–Trinajstić information content (AvgIpc) is 3.34. The summed E-state index contributed by atoms with van der Waals surface area (Å²) in [6.45, 7) is 2.16. The van der Waals surface area contributed by atoms with Crippen LogP contribution < -0.4 is 5.32 Å². The number of fused-ring (bicyclic) bond motifs is 2. The molecule has 0 spiro atoms. The third kappa shape index (κ3) is 4.34. The standard InChI is InChI=1S/C28H29NO4S/c1-2-3-9-19-14-15-25-22(16-19)23(28(30)29-25)17-27-24(21-12-7-8-13-26(21)33-27)18-34(31,32)20-10-5-4-6-11-20/h4-6,10-11,14-17H,2-3,7-9,12-13,18H2,1H3,(H,29,30). The zero-order valence-corrected chi connectivity index (χ0v) is 20.2. The van der Waals surface area contributed by atoms with Crippen molar-refractivity contribution in [2.75, 3.05) is 5.32 Å². The molecular formula is C28H29NO4S. The number of unbranched alkanes of at least 4 members (excludes halogenated alkanes) is 1. The van der Waals surface area contributed by atoms with E-state index in [1.165, 1.54) is 5.56 Å². The molecule has 2 aliphatic rings. The molecule has 0 radical (unpaired) electrons. The van der Waals surface area contributed by atoms with Crippen LogP contribution in [0.2, 0.25) is 0 Å². The minimum atomic E-state index is -3.55. The predicted octanol–water partition coefficient (Wildman–Crippen LogP) is 5.97. The van der Waals surface area contributed by atoms with E-state index in [1.54, 1.807) is 36.4 Å². The summed E-state index contributed by atoms with van der Waals surface area (Å²) in [6, 6.07) is 14.6. The maximum Gasteiger partial charge on any atom is 0.256 e. The third-order valence-corrected chi connectivity index (χ3v) is 8.37. The topological polar surface area (TPSA) is 76.4 Å². The molecule has 1 aliphatic carbocycles. The van der Waals surface area contributed by atoms with Gasteiger partial charge in [0.2, 0.25) is 0 Å². The van der Waals surface area contributed by atoms with Crippen molar-refractivity contribution in [1.29, 1.82) is 0 Å². The highest BCUT2D eigenvalue weighted by molar-refractivity contribution is 7.90. The number of rotatable bonds is 7. The van der Waals surface area contributed by atoms with Gasteiger partial charge < -0.3 is 9.73 Å². The van der Waals surface area contributed by atoms with Crippen LogP contribution in [0.4, 0.5) is 5.69 Å². The normalized spacial score (nSPS) is 16.4. The summed E-state index contributed by atoms with van der Waals surface area (Å²) in [5.41, 5.74) is 5.03. The molecule has 0 fully saturated rings. The molecule has 2 aromatic carbocycles. The van der Waals surface area contributed by atoms with Gasteiger partial charge in [-0.2, -0.15) is 0 Å². The van der Waals surface area contributed by atoms with Crippen LogP contribution in [0, 0.1) is 0 Å². The maximum absolute atomic E-state index is 13.2. The van der Waals surface area contributed by atoms with Crippen LogP contribution in [0.5, 0.6) is 0 Å². The Bertz CT molecular complexity index is 1370. The molecule has 176 valence electrons. The second kappa shape index (κ2) is 9.26. The summed E-state index contributed by atoms with van der Waals surface area (Å²) in [6.07, 6.45) is 8.52. The van der Waals surface area contributed by atoms with E-state index in [4.69, 9.17) is 4.42 Å². The van der Waals surface area contributed by atoms with Crippen LogP contribution in [0.1, 0.15) is 66.4 Å². The van der Waals surface area contributed by atoms with Crippen molar-refractivity contribution in [3.05, 3.63) is 82.3 Å². The zero-order chi connectivity index (χ0) is 23.7. The van der Waals surface area contributed by atoms with Gasteiger partial charge in [-0.3, -0.25) is 4.79 Å². The maximum atomic E-state index is 13.2. The lowest BCUT2D eigenvalue weighted by Crippen LogP contribution is -2.09. The Balaban J connectivity index is 1.58. The summed E-state index contributed by atoms with van der Waals surface area (Å²) in [5, 5.41) is 2.94. The van der Waals surface area contributed by atoms with E-state index in [0.29, 0.717) is 21.8 Å². The number of hydrogen-bond donors (Lipinski definition) is 1. The Hall–Kier alpha value is -3.12. The second-order valence-corrected chi connectivity index (χ2v) is 11.1. The Kier molecular flexibility index (Phi) is 6.17. The SMILES string of the molecule is CCCCc1ccc2c(c1)C(=Cc1oc3c(c1CS(=O)(=O)c1ccccc1)CCCC3)C(=O)N2. The Morgan fingerprint density at radius 3 is 2.65 bits per heavy atom. The van der Waals surface area contributed by atoms with Crippen molar-refractivity contribution >= 4 is 33.1 Å². The first-order valence-electron chi connectivity index (χ1n) is 12.0. The molecule has 1 amide bonds. The van der Waals surface area contributed by atoms with Crippen LogP contribution in [0.3, 0.4) is 0 Å². The third-order valence-electron chi connectivity index (χ3n) is 6.71. The Morgan fingerprint density at radius 2 is 1.85 bits per heavy atom. The predicted molar refractivity (Wildman–Crippen MR) is 134 cm³/mol. The average molecular weight is 476 g/mol. The molecule has 1 N–H and O–H groups in total. The van der Waals surface area contributed by atoms with Crippen molar-refractivity contribution in [2.45, 2.75) is 62.5 Å². The fourth-order valence-corrected chi connectivity index (χ4v) is 6.31. The van der Waals surface area contributed by atoms with Gasteiger partial charge in [0.05, 0.1) is 16.2 Å². The van der Waals surface area contributed by atoms with E-state index in [-0.39, 0.29) is 11.7 Å². The van der Waals surface area contributed by atoms with Gasteiger partial charge >= 0.3 is 0 Å². The van der Waals surface area contributed by atoms with Gasteiger partial charge in [0.25, 0.3) is 5.91 Å². The molecule has 2 heterocycles. The van der Waals surface area contributed by atoms with Crippen LogP contribution in [-0.2, 0) is 39.6 Å². The number of carbonyl (C=O) groups is 1. The number of furan rings is 1. The first-order chi connectivity index (χ1) is 16.5. The van der Waals surface area contributed by atoms with Gasteiger partial charge in [-0.25, -0.2) is 8.42 Å². The minimum absolute atomic E-state index is 0.139. The van der Waals surface area contributed by atoms with Crippen molar-refractivity contribution in [2.24, 2.45) is 0 Å². The number of nitrogens with one attached hydrogen (secondary N) is 1. The Labute approximate surface area is 200 Å². The molecule has 0 bridgehead atoms. The summed E-state index contributed by atoms with van der Waals surface area (Å²) >= 11 is 0. The highest BCUT2D eigenvalue weighted by Gasteiger charge is 2.29. The van der Waals surface area contributed by atoms with Gasteiger partial charge in [-0.05, 0) is 73.6 Å². The summed E-state index contributed by atoms with van der Waals surface area (Å²) in [4.78, 5) is 13.2. The molecule has 0 saturated heterocycles. The zero-order valence-electron chi connectivity index (χ0n) is 19.4. The van der Waals surface area contributed by atoms with Gasteiger partial charge in [0.15, 0.2) is 9.84 Å². The largest absolute Gasteiger partial charge is 0.461 e. The molecular weight excluding hydrogens is 446 g/mol. The van der Waals surface area contributed by atoms with Gasteiger partial charge in [-0.1, -0.05) is 37.6 Å². The number of benzene rings is 2. The lowest BCUT2D eigenvalue weighted by atomic mass is 9.94. The minimum Gasteiger partial charge on any atom is -0.461 e. The smallest absolute Gasteiger partial charge is 0.256 e. The molecule has 0 atom stereocenters.